The predicted molar refractivity (Wildman–Crippen MR) is 59.6 cm³/mol. The number of benzene rings is 1. The van der Waals surface area contributed by atoms with Gasteiger partial charge in [0.2, 0.25) is 0 Å². The number of nitrogens with two attached hydrogens (primary N) is 1. The summed E-state index contributed by atoms with van der Waals surface area (Å²) in [7, 11) is 0. The number of hydrogen-bond donors (Lipinski definition) is 3. The van der Waals surface area contributed by atoms with Gasteiger partial charge >= 0.3 is 6.18 Å². The van der Waals surface area contributed by atoms with E-state index in [1.54, 1.807) is 6.07 Å². The van der Waals surface area contributed by atoms with E-state index in [9.17, 15) is 18.0 Å². The average Bonchev–Trinajstić information content (AvgIpc) is 2.27. The lowest BCUT2D eigenvalue weighted by molar-refractivity contribution is -0.184. The molecule has 7 heteroatoms. The number of alkyl halides is 3. The van der Waals surface area contributed by atoms with Crippen LogP contribution in [0.3, 0.4) is 0 Å². The van der Waals surface area contributed by atoms with Gasteiger partial charge in [-0.05, 0) is 24.6 Å². The van der Waals surface area contributed by atoms with Gasteiger partial charge in [0.25, 0.3) is 5.91 Å². The van der Waals surface area contributed by atoms with Crippen LogP contribution in [0.1, 0.15) is 12.5 Å². The smallest absolute Gasteiger partial charge is 0.392 e. The molecule has 0 heterocycles. The van der Waals surface area contributed by atoms with E-state index in [2.05, 4.69) is 5.32 Å². The SMILES string of the molecule is CC(N)(C(=O)Nc1cccc(CO)c1)C(F)(F)F. The molecule has 0 saturated carbocycles. The number of nitrogens with one attached hydrogen (secondary N) is 1. The Labute approximate surface area is 102 Å². The van der Waals surface area contributed by atoms with Crippen LogP contribution in [-0.2, 0) is 11.4 Å². The van der Waals surface area contributed by atoms with Crippen LogP contribution in [0.5, 0.6) is 0 Å². The van der Waals surface area contributed by atoms with Crippen molar-refractivity contribution in [3.63, 3.8) is 0 Å². The maximum Gasteiger partial charge on any atom is 0.415 e. The summed E-state index contributed by atoms with van der Waals surface area (Å²) >= 11 is 0. The number of rotatable bonds is 3. The van der Waals surface area contributed by atoms with Crippen molar-refractivity contribution in [1.29, 1.82) is 0 Å². The normalized spacial score (nSPS) is 15.0. The molecule has 0 bridgehead atoms. The molecule has 100 valence electrons. The lowest BCUT2D eigenvalue weighted by atomic mass is 10.0. The Hall–Kier alpha value is -1.60. The number of carbonyl (C=O) groups is 1. The van der Waals surface area contributed by atoms with Crippen LogP contribution in [-0.4, -0.2) is 22.7 Å². The highest BCUT2D eigenvalue weighted by molar-refractivity contribution is 5.98. The number of hydrogen-bond acceptors (Lipinski definition) is 3. The number of aliphatic hydroxyl groups excluding tert-OH is 1. The van der Waals surface area contributed by atoms with Gasteiger partial charge < -0.3 is 16.2 Å². The number of amides is 1. The van der Waals surface area contributed by atoms with E-state index in [0.29, 0.717) is 12.5 Å². The fraction of sp³-hybridized carbons (Fsp3) is 0.364. The summed E-state index contributed by atoms with van der Waals surface area (Å²) in [5.41, 5.74) is 2.62. The maximum absolute atomic E-state index is 12.5. The Morgan fingerprint density at radius 3 is 2.56 bits per heavy atom. The second-order valence-electron chi connectivity index (χ2n) is 4.01. The second kappa shape index (κ2) is 4.95. The molecule has 1 unspecified atom stereocenters. The average molecular weight is 262 g/mol. The number of carbonyl (C=O) groups excluding carboxylic acids is 1. The zero-order valence-corrected chi connectivity index (χ0v) is 9.58. The van der Waals surface area contributed by atoms with E-state index < -0.39 is 17.6 Å². The van der Waals surface area contributed by atoms with Gasteiger partial charge in [0.05, 0.1) is 6.61 Å². The van der Waals surface area contributed by atoms with Gasteiger partial charge in [-0.3, -0.25) is 4.79 Å². The molecule has 1 rings (SSSR count). The summed E-state index contributed by atoms with van der Waals surface area (Å²) in [4.78, 5) is 11.5. The molecular weight excluding hydrogens is 249 g/mol. The Morgan fingerprint density at radius 1 is 1.44 bits per heavy atom. The van der Waals surface area contributed by atoms with E-state index in [1.807, 2.05) is 0 Å². The van der Waals surface area contributed by atoms with Crippen LogP contribution in [0.15, 0.2) is 24.3 Å². The van der Waals surface area contributed by atoms with Crippen molar-refractivity contribution in [2.24, 2.45) is 5.73 Å². The van der Waals surface area contributed by atoms with Crippen molar-refractivity contribution in [2.45, 2.75) is 25.2 Å². The lowest BCUT2D eigenvalue weighted by Crippen LogP contribution is -2.59. The van der Waals surface area contributed by atoms with Crippen LogP contribution in [0, 0.1) is 0 Å². The molecule has 0 radical (unpaired) electrons. The Bertz CT molecular complexity index is 444. The Morgan fingerprint density at radius 2 is 2.06 bits per heavy atom. The second-order valence-corrected chi connectivity index (χ2v) is 4.01. The molecule has 0 aliphatic carbocycles. The summed E-state index contributed by atoms with van der Waals surface area (Å²) < 4.78 is 37.5. The summed E-state index contributed by atoms with van der Waals surface area (Å²) in [6.07, 6.45) is -4.84. The molecule has 0 saturated heterocycles. The first-order valence-electron chi connectivity index (χ1n) is 5.05. The summed E-state index contributed by atoms with van der Waals surface area (Å²) in [6.45, 7) is 0.321. The Balaban J connectivity index is 2.88. The van der Waals surface area contributed by atoms with Crippen molar-refractivity contribution >= 4 is 11.6 Å². The molecule has 0 spiro atoms. The van der Waals surface area contributed by atoms with Crippen molar-refractivity contribution in [3.8, 4) is 0 Å². The minimum absolute atomic E-state index is 0.146. The maximum atomic E-state index is 12.5. The van der Waals surface area contributed by atoms with Gasteiger partial charge in [-0.15, -0.1) is 0 Å². The van der Waals surface area contributed by atoms with Crippen LogP contribution in [0.4, 0.5) is 18.9 Å². The molecule has 4 N–H and O–H groups in total. The van der Waals surface area contributed by atoms with E-state index >= 15 is 0 Å². The van der Waals surface area contributed by atoms with Gasteiger partial charge in [0, 0.05) is 5.69 Å². The van der Waals surface area contributed by atoms with Crippen LogP contribution in [0.25, 0.3) is 0 Å². The minimum atomic E-state index is -4.84. The van der Waals surface area contributed by atoms with Crippen LogP contribution in [0.2, 0.25) is 0 Å². The fourth-order valence-electron chi connectivity index (χ4n) is 1.14. The van der Waals surface area contributed by atoms with Gasteiger partial charge in [-0.1, -0.05) is 12.1 Å². The van der Waals surface area contributed by atoms with Crippen molar-refractivity contribution < 1.29 is 23.1 Å². The third kappa shape index (κ3) is 2.99. The summed E-state index contributed by atoms with van der Waals surface area (Å²) in [5.74, 6) is -1.36. The van der Waals surface area contributed by atoms with E-state index in [4.69, 9.17) is 10.8 Å². The van der Waals surface area contributed by atoms with Crippen LogP contribution >= 0.6 is 0 Å². The highest BCUT2D eigenvalue weighted by atomic mass is 19.4. The van der Waals surface area contributed by atoms with E-state index in [-0.39, 0.29) is 12.3 Å². The standard InChI is InChI=1S/C11H13F3N2O2/c1-10(15,11(12,13)14)9(18)16-8-4-2-3-7(5-8)6-17/h2-5,17H,6,15H2,1H3,(H,16,18). The quantitative estimate of drug-likeness (QED) is 0.770. The first-order valence-corrected chi connectivity index (χ1v) is 5.05. The molecule has 0 aromatic heterocycles. The van der Waals surface area contributed by atoms with Crippen molar-refractivity contribution in [2.75, 3.05) is 5.32 Å². The van der Waals surface area contributed by atoms with Gasteiger partial charge in [-0.25, -0.2) is 0 Å². The van der Waals surface area contributed by atoms with E-state index in [0.717, 1.165) is 0 Å². The van der Waals surface area contributed by atoms with Gasteiger partial charge in [0.1, 0.15) is 0 Å². The van der Waals surface area contributed by atoms with Gasteiger partial charge in [-0.2, -0.15) is 13.2 Å². The highest BCUT2D eigenvalue weighted by Gasteiger charge is 2.53. The number of halogens is 3. The van der Waals surface area contributed by atoms with Gasteiger partial charge in [0.15, 0.2) is 5.54 Å². The predicted octanol–water partition coefficient (Wildman–Crippen LogP) is 1.40. The molecule has 1 amide bonds. The first kappa shape index (κ1) is 14.5. The van der Waals surface area contributed by atoms with E-state index in [1.165, 1.54) is 18.2 Å². The fourth-order valence-corrected chi connectivity index (χ4v) is 1.14. The lowest BCUT2D eigenvalue weighted by Gasteiger charge is -2.26. The third-order valence-electron chi connectivity index (χ3n) is 2.43. The zero-order valence-electron chi connectivity index (χ0n) is 9.58. The van der Waals surface area contributed by atoms with Crippen LogP contribution < -0.4 is 11.1 Å². The minimum Gasteiger partial charge on any atom is -0.392 e. The molecule has 1 aromatic rings. The topological polar surface area (TPSA) is 75.4 Å². The number of aliphatic hydroxyl groups is 1. The highest BCUT2D eigenvalue weighted by Crippen LogP contribution is 2.29. The van der Waals surface area contributed by atoms with Crippen molar-refractivity contribution in [3.05, 3.63) is 29.8 Å². The molecule has 1 aromatic carbocycles. The first-order chi connectivity index (χ1) is 8.18. The number of anilines is 1. The summed E-state index contributed by atoms with van der Waals surface area (Å²) in [6, 6.07) is 5.84. The molecule has 18 heavy (non-hydrogen) atoms. The molecule has 1 atom stereocenters. The third-order valence-corrected chi connectivity index (χ3v) is 2.43. The Kier molecular flexibility index (Phi) is 3.98. The molecule has 0 aliphatic rings. The molecule has 0 aliphatic heterocycles. The molecular formula is C11H13F3N2O2. The molecule has 4 nitrogen and oxygen atoms in total. The monoisotopic (exact) mass is 262 g/mol. The van der Waals surface area contributed by atoms with Crippen molar-refractivity contribution in [1.82, 2.24) is 0 Å². The zero-order chi connectivity index (χ0) is 14.0. The largest absolute Gasteiger partial charge is 0.415 e. The molecule has 0 fully saturated rings. The summed E-state index contributed by atoms with van der Waals surface area (Å²) in [5, 5.41) is 10.9.